The van der Waals surface area contributed by atoms with Gasteiger partial charge in [0.2, 0.25) is 10.0 Å². The van der Waals surface area contributed by atoms with Gasteiger partial charge in [0.25, 0.3) is 0 Å². The Morgan fingerprint density at radius 2 is 2.30 bits per heavy atom. The number of aryl methyl sites for hydroxylation is 2. The number of nitrogens with zero attached hydrogens (tertiary/aromatic N) is 2. The number of hydrogen-bond donors (Lipinski definition) is 2. The van der Waals surface area contributed by atoms with Gasteiger partial charge < -0.3 is 5.73 Å². The number of rotatable bonds is 7. The molecule has 20 heavy (non-hydrogen) atoms. The van der Waals surface area contributed by atoms with Crippen molar-refractivity contribution in [2.75, 3.05) is 6.54 Å². The Morgan fingerprint density at radius 3 is 2.90 bits per heavy atom. The van der Waals surface area contributed by atoms with E-state index in [1.807, 2.05) is 19.2 Å². The van der Waals surface area contributed by atoms with Crippen LogP contribution in [-0.2, 0) is 23.1 Å². The molecule has 0 bridgehead atoms. The van der Waals surface area contributed by atoms with Gasteiger partial charge in [-0.25, -0.2) is 13.1 Å². The molecule has 0 aliphatic heterocycles. The number of sulfonamides is 1. The molecule has 6 nitrogen and oxygen atoms in total. The molecule has 0 spiro atoms. The molecule has 0 aliphatic carbocycles. The summed E-state index contributed by atoms with van der Waals surface area (Å²) in [5.41, 5.74) is 6.49. The molecule has 2 aromatic rings. The van der Waals surface area contributed by atoms with Crippen LogP contribution in [0.4, 0.5) is 0 Å². The second-order valence-corrected chi connectivity index (χ2v) is 7.53. The predicted molar refractivity (Wildman–Crippen MR) is 79.0 cm³/mol. The molecule has 0 unspecified atom stereocenters. The number of nitrogens with one attached hydrogen (secondary N) is 1. The first-order chi connectivity index (χ1) is 9.53. The smallest absolute Gasteiger partial charge is 0.250 e. The molecule has 2 heterocycles. The van der Waals surface area contributed by atoms with Gasteiger partial charge in [0.05, 0.1) is 0 Å². The zero-order valence-electron chi connectivity index (χ0n) is 11.2. The summed E-state index contributed by atoms with van der Waals surface area (Å²) in [4.78, 5) is 0.905. The van der Waals surface area contributed by atoms with E-state index < -0.39 is 10.0 Å². The first-order valence-electron chi connectivity index (χ1n) is 6.29. The molecule has 0 aliphatic rings. The van der Waals surface area contributed by atoms with Crippen LogP contribution in [0.3, 0.4) is 0 Å². The van der Waals surface area contributed by atoms with Gasteiger partial charge in [-0.3, -0.25) is 4.68 Å². The van der Waals surface area contributed by atoms with Crippen LogP contribution in [0.5, 0.6) is 0 Å². The van der Waals surface area contributed by atoms with E-state index in [9.17, 15) is 8.42 Å². The molecule has 110 valence electrons. The van der Waals surface area contributed by atoms with Crippen molar-refractivity contribution in [3.8, 4) is 0 Å². The number of thiophene rings is 1. The Bertz CT molecular complexity index is 647. The van der Waals surface area contributed by atoms with Crippen molar-refractivity contribution in [1.82, 2.24) is 14.5 Å². The lowest BCUT2D eigenvalue weighted by molar-refractivity contribution is 0.554. The average Bonchev–Trinajstić information content (AvgIpc) is 3.04. The van der Waals surface area contributed by atoms with Crippen molar-refractivity contribution in [1.29, 1.82) is 0 Å². The Balaban J connectivity index is 1.90. The summed E-state index contributed by atoms with van der Waals surface area (Å²) in [6, 6.07) is 3.51. The van der Waals surface area contributed by atoms with Crippen LogP contribution in [0, 0.1) is 6.92 Å². The maximum atomic E-state index is 12.1. The summed E-state index contributed by atoms with van der Waals surface area (Å²) in [5.74, 6) is 0. The third kappa shape index (κ3) is 3.66. The Labute approximate surface area is 122 Å². The van der Waals surface area contributed by atoms with Gasteiger partial charge in [-0.15, -0.1) is 11.3 Å². The maximum Gasteiger partial charge on any atom is 0.250 e. The topological polar surface area (TPSA) is 90.0 Å². The van der Waals surface area contributed by atoms with Crippen LogP contribution in [0.15, 0.2) is 28.7 Å². The summed E-state index contributed by atoms with van der Waals surface area (Å²) >= 11 is 1.23. The molecule has 8 heteroatoms. The van der Waals surface area contributed by atoms with Crippen LogP contribution < -0.4 is 10.5 Å². The van der Waals surface area contributed by atoms with Gasteiger partial charge in [-0.1, -0.05) is 0 Å². The molecule has 0 amide bonds. The zero-order chi connectivity index (χ0) is 14.6. The van der Waals surface area contributed by atoms with Gasteiger partial charge in [0, 0.05) is 36.9 Å². The Kier molecular flexibility index (Phi) is 4.92. The normalized spacial score (nSPS) is 11.9. The Hall–Kier alpha value is -1.22. The van der Waals surface area contributed by atoms with Crippen molar-refractivity contribution in [2.24, 2.45) is 5.73 Å². The van der Waals surface area contributed by atoms with E-state index in [0.717, 1.165) is 10.4 Å². The quantitative estimate of drug-likeness (QED) is 0.748. The number of aromatic nitrogens is 2. The summed E-state index contributed by atoms with van der Waals surface area (Å²) in [6.45, 7) is 3.31. The monoisotopic (exact) mass is 314 g/mol. The highest BCUT2D eigenvalue weighted by molar-refractivity contribution is 7.91. The van der Waals surface area contributed by atoms with Gasteiger partial charge in [0.15, 0.2) is 0 Å². The molecular weight excluding hydrogens is 296 g/mol. The minimum absolute atomic E-state index is 0.328. The fourth-order valence-electron chi connectivity index (χ4n) is 1.78. The highest BCUT2D eigenvalue weighted by Crippen LogP contribution is 2.25. The minimum atomic E-state index is -3.43. The molecular formula is C12H18N4O2S2. The first-order valence-corrected chi connectivity index (χ1v) is 8.59. The molecule has 0 radical (unpaired) electrons. The zero-order valence-corrected chi connectivity index (χ0v) is 12.9. The highest BCUT2D eigenvalue weighted by atomic mass is 32.2. The van der Waals surface area contributed by atoms with Gasteiger partial charge in [-0.05, 0) is 31.0 Å². The summed E-state index contributed by atoms with van der Waals surface area (Å²) in [5, 5.41) is 4.06. The Morgan fingerprint density at radius 1 is 1.50 bits per heavy atom. The molecule has 0 atom stereocenters. The molecule has 2 aromatic heterocycles. The summed E-state index contributed by atoms with van der Waals surface area (Å²) in [7, 11) is -3.43. The number of hydrogen-bond acceptors (Lipinski definition) is 5. The lowest BCUT2D eigenvalue weighted by atomic mass is 10.3. The first kappa shape index (κ1) is 15.2. The van der Waals surface area contributed by atoms with Crippen LogP contribution in [0.25, 0.3) is 0 Å². The molecule has 3 N–H and O–H groups in total. The minimum Gasteiger partial charge on any atom is -0.326 e. The lowest BCUT2D eigenvalue weighted by Crippen LogP contribution is -2.24. The van der Waals surface area contributed by atoms with E-state index in [1.54, 1.807) is 16.9 Å². The van der Waals surface area contributed by atoms with Gasteiger partial charge in [-0.2, -0.15) is 5.10 Å². The molecule has 0 saturated carbocycles. The van der Waals surface area contributed by atoms with Crippen LogP contribution in [0.1, 0.15) is 16.9 Å². The van der Waals surface area contributed by atoms with E-state index in [1.165, 1.54) is 11.3 Å². The lowest BCUT2D eigenvalue weighted by Gasteiger charge is -2.05. The van der Waals surface area contributed by atoms with Crippen LogP contribution >= 0.6 is 11.3 Å². The third-order valence-corrected chi connectivity index (χ3v) is 6.06. The van der Waals surface area contributed by atoms with E-state index >= 15 is 0 Å². The molecule has 0 aromatic carbocycles. The number of nitrogens with two attached hydrogens (primary N) is 1. The second kappa shape index (κ2) is 6.49. The van der Waals surface area contributed by atoms with Crippen molar-refractivity contribution in [3.63, 3.8) is 0 Å². The van der Waals surface area contributed by atoms with Gasteiger partial charge >= 0.3 is 0 Å². The molecule has 2 rings (SSSR count). The second-order valence-electron chi connectivity index (χ2n) is 4.40. The molecule has 0 saturated heterocycles. The summed E-state index contributed by atoms with van der Waals surface area (Å²) < 4.78 is 28.9. The molecule has 0 fully saturated rings. The standard InChI is InChI=1S/C12H18N4O2S2/c1-10-8-12(19-11(10)9-13)20(17,18)15-5-3-7-16-6-2-4-14-16/h2,4,6,8,15H,3,5,7,9,13H2,1H3. The van der Waals surface area contributed by atoms with Crippen molar-refractivity contribution < 1.29 is 8.42 Å². The highest BCUT2D eigenvalue weighted by Gasteiger charge is 2.17. The fraction of sp³-hybridized carbons (Fsp3) is 0.417. The van der Waals surface area contributed by atoms with Crippen molar-refractivity contribution in [2.45, 2.75) is 30.6 Å². The fourth-order valence-corrected chi connectivity index (χ4v) is 4.36. The van der Waals surface area contributed by atoms with E-state index in [2.05, 4.69) is 9.82 Å². The SMILES string of the molecule is Cc1cc(S(=O)(=O)NCCCn2cccn2)sc1CN. The van der Waals surface area contributed by atoms with Crippen molar-refractivity contribution >= 4 is 21.4 Å². The van der Waals surface area contributed by atoms with Gasteiger partial charge in [0.1, 0.15) is 4.21 Å². The summed E-state index contributed by atoms with van der Waals surface area (Å²) in [6.07, 6.45) is 4.24. The van der Waals surface area contributed by atoms with Crippen LogP contribution in [0.2, 0.25) is 0 Å². The average molecular weight is 314 g/mol. The van der Waals surface area contributed by atoms with E-state index in [-0.39, 0.29) is 0 Å². The van der Waals surface area contributed by atoms with E-state index in [4.69, 9.17) is 5.73 Å². The van der Waals surface area contributed by atoms with Crippen LogP contribution in [-0.4, -0.2) is 24.7 Å². The van der Waals surface area contributed by atoms with E-state index in [0.29, 0.717) is 30.3 Å². The largest absolute Gasteiger partial charge is 0.326 e. The van der Waals surface area contributed by atoms with Crippen molar-refractivity contribution in [3.05, 3.63) is 35.0 Å². The predicted octanol–water partition coefficient (Wildman–Crippen LogP) is 1.08. The third-order valence-electron chi connectivity index (χ3n) is 2.86. The maximum absolute atomic E-state index is 12.1.